The Morgan fingerprint density at radius 3 is 2.78 bits per heavy atom. The minimum absolute atomic E-state index is 0.163. The van der Waals surface area contributed by atoms with Crippen molar-refractivity contribution in [3.05, 3.63) is 34.1 Å². The SMILES string of the molecule is CC1(C)COCCN1C(=O)c1cc(F)cc(Br)c1. The number of hydrogen-bond donors (Lipinski definition) is 0. The lowest BCUT2D eigenvalue weighted by Gasteiger charge is -2.42. The molecule has 1 fully saturated rings. The van der Waals surface area contributed by atoms with Gasteiger partial charge in [-0.15, -0.1) is 0 Å². The molecule has 5 heteroatoms. The van der Waals surface area contributed by atoms with Crippen LogP contribution < -0.4 is 0 Å². The summed E-state index contributed by atoms with van der Waals surface area (Å²) in [6.45, 7) is 5.43. The molecule has 0 spiro atoms. The molecule has 0 radical (unpaired) electrons. The molecular formula is C13H15BrFNO2. The van der Waals surface area contributed by atoms with Gasteiger partial charge in [0.05, 0.1) is 18.8 Å². The van der Waals surface area contributed by atoms with Crippen LogP contribution in [0.3, 0.4) is 0 Å². The fourth-order valence-electron chi connectivity index (χ4n) is 2.07. The number of morpholine rings is 1. The zero-order chi connectivity index (χ0) is 13.3. The largest absolute Gasteiger partial charge is 0.377 e. The molecule has 1 heterocycles. The van der Waals surface area contributed by atoms with Gasteiger partial charge in [-0.05, 0) is 32.0 Å². The standard InChI is InChI=1S/C13H15BrFNO2/c1-13(2)8-18-4-3-16(13)12(17)9-5-10(14)7-11(15)6-9/h5-7H,3-4,8H2,1-2H3. The molecule has 1 aliphatic rings. The van der Waals surface area contributed by atoms with Crippen LogP contribution in [0.15, 0.2) is 22.7 Å². The lowest BCUT2D eigenvalue weighted by atomic mass is 10.0. The van der Waals surface area contributed by atoms with E-state index in [2.05, 4.69) is 15.9 Å². The lowest BCUT2D eigenvalue weighted by molar-refractivity contribution is -0.0370. The van der Waals surface area contributed by atoms with Gasteiger partial charge in [0.15, 0.2) is 0 Å². The van der Waals surface area contributed by atoms with Crippen molar-refractivity contribution in [2.24, 2.45) is 0 Å². The van der Waals surface area contributed by atoms with Crippen molar-refractivity contribution < 1.29 is 13.9 Å². The zero-order valence-electron chi connectivity index (χ0n) is 10.4. The van der Waals surface area contributed by atoms with Gasteiger partial charge in [0.2, 0.25) is 0 Å². The van der Waals surface area contributed by atoms with Crippen LogP contribution in [0.4, 0.5) is 4.39 Å². The number of carbonyl (C=O) groups is 1. The van der Waals surface area contributed by atoms with Gasteiger partial charge in [0.25, 0.3) is 5.91 Å². The lowest BCUT2D eigenvalue weighted by Crippen LogP contribution is -2.55. The number of rotatable bonds is 1. The average Bonchev–Trinajstić information content (AvgIpc) is 2.26. The molecule has 0 bridgehead atoms. The van der Waals surface area contributed by atoms with Crippen LogP contribution in [-0.2, 0) is 4.74 Å². The molecular weight excluding hydrogens is 301 g/mol. The number of benzene rings is 1. The first kappa shape index (κ1) is 13.5. The third kappa shape index (κ3) is 2.72. The van der Waals surface area contributed by atoms with Gasteiger partial charge < -0.3 is 9.64 Å². The Balaban J connectivity index is 2.30. The maximum absolute atomic E-state index is 13.3. The van der Waals surface area contributed by atoms with E-state index >= 15 is 0 Å². The molecule has 1 amide bonds. The minimum Gasteiger partial charge on any atom is -0.377 e. The number of ether oxygens (including phenoxy) is 1. The molecule has 2 rings (SSSR count). The average molecular weight is 316 g/mol. The van der Waals surface area contributed by atoms with Gasteiger partial charge in [0.1, 0.15) is 5.82 Å². The summed E-state index contributed by atoms with van der Waals surface area (Å²) in [6.07, 6.45) is 0. The van der Waals surface area contributed by atoms with E-state index in [4.69, 9.17) is 4.74 Å². The van der Waals surface area contributed by atoms with Crippen molar-refractivity contribution in [2.75, 3.05) is 19.8 Å². The van der Waals surface area contributed by atoms with E-state index in [-0.39, 0.29) is 11.4 Å². The first-order valence-electron chi connectivity index (χ1n) is 5.76. The monoisotopic (exact) mass is 315 g/mol. The fraction of sp³-hybridized carbons (Fsp3) is 0.462. The maximum Gasteiger partial charge on any atom is 0.254 e. The molecule has 1 aliphatic heterocycles. The molecule has 0 aliphatic carbocycles. The number of amides is 1. The Labute approximate surface area is 114 Å². The highest BCUT2D eigenvalue weighted by atomic mass is 79.9. The summed E-state index contributed by atoms with van der Waals surface area (Å²) in [5, 5.41) is 0. The molecule has 18 heavy (non-hydrogen) atoms. The Morgan fingerprint density at radius 2 is 2.17 bits per heavy atom. The smallest absolute Gasteiger partial charge is 0.254 e. The van der Waals surface area contributed by atoms with Gasteiger partial charge in [-0.1, -0.05) is 15.9 Å². The summed E-state index contributed by atoms with van der Waals surface area (Å²) in [4.78, 5) is 14.1. The van der Waals surface area contributed by atoms with Crippen LogP contribution in [0.1, 0.15) is 24.2 Å². The molecule has 3 nitrogen and oxygen atoms in total. The van der Waals surface area contributed by atoms with E-state index in [1.54, 1.807) is 11.0 Å². The predicted octanol–water partition coefficient (Wildman–Crippen LogP) is 2.84. The minimum atomic E-state index is -0.418. The van der Waals surface area contributed by atoms with Gasteiger partial charge >= 0.3 is 0 Å². The topological polar surface area (TPSA) is 29.5 Å². The molecule has 0 saturated carbocycles. The molecule has 98 valence electrons. The second-order valence-electron chi connectivity index (χ2n) is 4.98. The number of carbonyl (C=O) groups excluding carboxylic acids is 1. The van der Waals surface area contributed by atoms with Crippen molar-refractivity contribution in [3.63, 3.8) is 0 Å². The van der Waals surface area contributed by atoms with Crippen LogP contribution in [0.2, 0.25) is 0 Å². The molecule has 0 N–H and O–H groups in total. The van der Waals surface area contributed by atoms with Crippen LogP contribution >= 0.6 is 15.9 Å². The van der Waals surface area contributed by atoms with Crippen LogP contribution in [-0.4, -0.2) is 36.1 Å². The highest BCUT2D eigenvalue weighted by Gasteiger charge is 2.34. The van der Waals surface area contributed by atoms with E-state index in [0.717, 1.165) is 0 Å². The van der Waals surface area contributed by atoms with Crippen molar-refractivity contribution in [2.45, 2.75) is 19.4 Å². The van der Waals surface area contributed by atoms with Gasteiger partial charge in [-0.25, -0.2) is 4.39 Å². The molecule has 0 aromatic heterocycles. The van der Waals surface area contributed by atoms with Gasteiger partial charge in [-0.2, -0.15) is 0 Å². The summed E-state index contributed by atoms with van der Waals surface area (Å²) < 4.78 is 19.3. The van der Waals surface area contributed by atoms with Crippen molar-refractivity contribution in [1.29, 1.82) is 0 Å². The Hall–Kier alpha value is -0.940. The molecule has 1 aromatic rings. The normalized spacial score (nSPS) is 18.8. The van der Waals surface area contributed by atoms with Gasteiger partial charge in [-0.3, -0.25) is 4.79 Å². The predicted molar refractivity (Wildman–Crippen MR) is 70.0 cm³/mol. The first-order chi connectivity index (χ1) is 8.40. The number of nitrogens with zero attached hydrogens (tertiary/aromatic N) is 1. The van der Waals surface area contributed by atoms with E-state index in [1.165, 1.54) is 12.1 Å². The summed E-state index contributed by atoms with van der Waals surface area (Å²) in [7, 11) is 0. The maximum atomic E-state index is 13.3. The fourth-order valence-corrected chi connectivity index (χ4v) is 2.53. The summed E-state index contributed by atoms with van der Waals surface area (Å²) in [5.74, 6) is -0.581. The highest BCUT2D eigenvalue weighted by Crippen LogP contribution is 2.23. The summed E-state index contributed by atoms with van der Waals surface area (Å²) in [6, 6.07) is 4.23. The second kappa shape index (κ2) is 4.97. The summed E-state index contributed by atoms with van der Waals surface area (Å²) >= 11 is 3.20. The number of halogens is 2. The Kier molecular flexibility index (Phi) is 3.73. The van der Waals surface area contributed by atoms with Gasteiger partial charge in [0, 0.05) is 16.6 Å². The zero-order valence-corrected chi connectivity index (χ0v) is 12.0. The molecule has 1 saturated heterocycles. The van der Waals surface area contributed by atoms with E-state index in [1.807, 2.05) is 13.8 Å². The Bertz CT molecular complexity index is 456. The van der Waals surface area contributed by atoms with E-state index in [9.17, 15) is 9.18 Å². The van der Waals surface area contributed by atoms with Crippen LogP contribution in [0.25, 0.3) is 0 Å². The van der Waals surface area contributed by atoms with Crippen LogP contribution in [0, 0.1) is 5.82 Å². The van der Waals surface area contributed by atoms with E-state index < -0.39 is 5.82 Å². The first-order valence-corrected chi connectivity index (χ1v) is 6.55. The quantitative estimate of drug-likeness (QED) is 0.797. The Morgan fingerprint density at radius 1 is 1.44 bits per heavy atom. The molecule has 1 aromatic carbocycles. The highest BCUT2D eigenvalue weighted by molar-refractivity contribution is 9.10. The molecule has 0 atom stereocenters. The van der Waals surface area contributed by atoms with Crippen LogP contribution in [0.5, 0.6) is 0 Å². The van der Waals surface area contributed by atoms with Crippen molar-refractivity contribution >= 4 is 21.8 Å². The number of hydrogen-bond acceptors (Lipinski definition) is 2. The third-order valence-corrected chi connectivity index (χ3v) is 3.46. The summed E-state index contributed by atoms with van der Waals surface area (Å²) in [5.41, 5.74) is -0.00874. The van der Waals surface area contributed by atoms with E-state index in [0.29, 0.717) is 29.8 Å². The second-order valence-corrected chi connectivity index (χ2v) is 5.90. The molecule has 0 unspecified atom stereocenters. The third-order valence-electron chi connectivity index (χ3n) is 3.00. The van der Waals surface area contributed by atoms with Crippen molar-refractivity contribution in [1.82, 2.24) is 4.90 Å². The van der Waals surface area contributed by atoms with Crippen molar-refractivity contribution in [3.8, 4) is 0 Å².